The van der Waals surface area contributed by atoms with E-state index in [1.165, 1.54) is 0 Å². The molecule has 0 bridgehead atoms. The second kappa shape index (κ2) is 2.21. The largest absolute Gasteiger partial charge is 0.349 e. The maximum Gasteiger partial charge on any atom is 0.247 e. The van der Waals surface area contributed by atoms with Crippen LogP contribution in [0.5, 0.6) is 0 Å². The van der Waals surface area contributed by atoms with Crippen LogP contribution in [0.2, 0.25) is 0 Å². The molecule has 50 valence electrons. The molecule has 0 radical (unpaired) electrons. The first kappa shape index (κ1) is 2.45. The molecule has 0 fully saturated rings. The van der Waals surface area contributed by atoms with Crippen molar-refractivity contribution < 1.29 is 11.6 Å². The molecule has 0 atom stereocenters. The van der Waals surface area contributed by atoms with E-state index in [1.807, 2.05) is 0 Å². The molecule has 0 saturated heterocycles. The zero-order chi connectivity index (χ0) is 11.1. The number of hydrogen-bond acceptors (Lipinski definition) is 1. The van der Waals surface area contributed by atoms with E-state index in [9.17, 15) is 4.79 Å². The predicted octanol–water partition coefficient (Wildman–Crippen LogP) is 0.843. The summed E-state index contributed by atoms with van der Waals surface area (Å²) in [4.78, 5) is 11.2. The van der Waals surface area contributed by atoms with Crippen molar-refractivity contribution in [2.75, 3.05) is 6.54 Å². The SMILES string of the molecule is [2H]C([2H])([2H])C([2H])([2H])C1=C(C)CNC1=O. The van der Waals surface area contributed by atoms with Gasteiger partial charge in [0.25, 0.3) is 0 Å². The molecule has 1 N–H and O–H groups in total. The molecule has 1 rings (SSSR count). The zero-order valence-corrected chi connectivity index (χ0v) is 5.12. The summed E-state index contributed by atoms with van der Waals surface area (Å²) in [6, 6.07) is 0. The van der Waals surface area contributed by atoms with Gasteiger partial charge in [-0.3, -0.25) is 4.79 Å². The van der Waals surface area contributed by atoms with E-state index in [2.05, 4.69) is 5.32 Å². The van der Waals surface area contributed by atoms with Gasteiger partial charge in [0.05, 0.1) is 0 Å². The molecule has 1 heterocycles. The predicted molar refractivity (Wildman–Crippen MR) is 36.0 cm³/mol. The monoisotopic (exact) mass is 130 g/mol. The number of nitrogens with one attached hydrogen (secondary N) is 1. The van der Waals surface area contributed by atoms with E-state index < -0.39 is 19.1 Å². The number of carbonyl (C=O) groups is 1. The van der Waals surface area contributed by atoms with Gasteiger partial charge in [-0.05, 0) is 18.9 Å². The van der Waals surface area contributed by atoms with Gasteiger partial charge in [0.2, 0.25) is 5.91 Å². The fourth-order valence-electron chi connectivity index (χ4n) is 0.747. The number of rotatable bonds is 1. The third-order valence-corrected chi connectivity index (χ3v) is 1.29. The molecule has 2 heteroatoms. The van der Waals surface area contributed by atoms with Crippen molar-refractivity contribution >= 4 is 5.91 Å². The zero-order valence-electron chi connectivity index (χ0n) is 10.1. The lowest BCUT2D eigenvalue weighted by Gasteiger charge is -1.91. The minimum Gasteiger partial charge on any atom is -0.349 e. The highest BCUT2D eigenvalue weighted by Gasteiger charge is 2.16. The van der Waals surface area contributed by atoms with Gasteiger partial charge in [-0.2, -0.15) is 0 Å². The second-order valence-corrected chi connectivity index (χ2v) is 1.96. The summed E-state index contributed by atoms with van der Waals surface area (Å²) in [6.07, 6.45) is -2.57. The Morgan fingerprint density at radius 1 is 2.00 bits per heavy atom. The molecule has 1 amide bonds. The second-order valence-electron chi connectivity index (χ2n) is 1.96. The normalized spacial score (nSPS) is 29.9. The summed E-state index contributed by atoms with van der Waals surface area (Å²) in [7, 11) is 0. The first-order valence-corrected chi connectivity index (χ1v) is 2.66. The van der Waals surface area contributed by atoms with Crippen LogP contribution in [-0.2, 0) is 4.79 Å². The first-order chi connectivity index (χ1) is 6.18. The molecular formula is C7H11NO. The van der Waals surface area contributed by atoms with Gasteiger partial charge < -0.3 is 5.32 Å². The van der Waals surface area contributed by atoms with Crippen LogP contribution >= 0.6 is 0 Å². The average Bonchev–Trinajstić information content (AvgIpc) is 2.28. The standard InChI is InChI=1S/C7H11NO/c1-3-6-5(2)4-8-7(6)9/h3-4H2,1-2H3,(H,8,9)/i1D3,3D2. The molecule has 0 spiro atoms. The van der Waals surface area contributed by atoms with Crippen molar-refractivity contribution in [2.45, 2.75) is 20.1 Å². The lowest BCUT2D eigenvalue weighted by Crippen LogP contribution is -2.17. The summed E-state index contributed by atoms with van der Waals surface area (Å²) >= 11 is 0. The third-order valence-electron chi connectivity index (χ3n) is 1.29. The molecule has 0 aliphatic carbocycles. The Kier molecular flexibility index (Phi) is 0.601. The highest BCUT2D eigenvalue weighted by molar-refractivity contribution is 5.96. The van der Waals surface area contributed by atoms with Crippen molar-refractivity contribution in [3.8, 4) is 0 Å². The van der Waals surface area contributed by atoms with Crippen LogP contribution in [0.15, 0.2) is 11.1 Å². The van der Waals surface area contributed by atoms with E-state index in [0.29, 0.717) is 5.57 Å². The molecule has 0 aromatic carbocycles. The number of hydrogen-bond donors (Lipinski definition) is 1. The van der Waals surface area contributed by atoms with Crippen LogP contribution in [0.4, 0.5) is 0 Å². The third kappa shape index (κ3) is 0.969. The van der Waals surface area contributed by atoms with Crippen molar-refractivity contribution in [2.24, 2.45) is 0 Å². The summed E-state index contributed by atoms with van der Waals surface area (Å²) < 4.78 is 35.9. The average molecular weight is 130 g/mol. The van der Waals surface area contributed by atoms with Crippen LogP contribution in [0.25, 0.3) is 0 Å². The van der Waals surface area contributed by atoms with Gasteiger partial charge in [-0.15, -0.1) is 0 Å². The summed E-state index contributed by atoms with van der Waals surface area (Å²) in [5, 5.41) is 2.39. The Balaban J connectivity index is 3.16. The minimum atomic E-state index is -2.81. The van der Waals surface area contributed by atoms with Crippen LogP contribution in [-0.4, -0.2) is 12.5 Å². The van der Waals surface area contributed by atoms with E-state index in [1.54, 1.807) is 6.92 Å². The van der Waals surface area contributed by atoms with Crippen LogP contribution in [0, 0.1) is 0 Å². The van der Waals surface area contributed by atoms with E-state index in [0.717, 1.165) is 0 Å². The van der Waals surface area contributed by atoms with Gasteiger partial charge in [0, 0.05) is 19.0 Å². The Morgan fingerprint density at radius 3 is 3.22 bits per heavy atom. The molecule has 1 aliphatic heterocycles. The Hall–Kier alpha value is -0.790. The van der Waals surface area contributed by atoms with Gasteiger partial charge in [0.1, 0.15) is 0 Å². The summed E-state index contributed by atoms with van der Waals surface area (Å²) in [5.74, 6) is -0.622. The van der Waals surface area contributed by atoms with Crippen molar-refractivity contribution in [3.05, 3.63) is 11.1 Å². The van der Waals surface area contributed by atoms with Gasteiger partial charge >= 0.3 is 0 Å². The highest BCUT2D eigenvalue weighted by Crippen LogP contribution is 2.12. The fourth-order valence-corrected chi connectivity index (χ4v) is 0.747. The Bertz CT molecular complexity index is 304. The molecule has 0 aromatic rings. The minimum absolute atomic E-state index is 0.226. The lowest BCUT2D eigenvalue weighted by molar-refractivity contribution is -0.116. The van der Waals surface area contributed by atoms with Crippen molar-refractivity contribution in [3.63, 3.8) is 0 Å². The van der Waals surface area contributed by atoms with E-state index >= 15 is 0 Å². The number of carbonyl (C=O) groups excluding carboxylic acids is 1. The summed E-state index contributed by atoms with van der Waals surface area (Å²) in [5.41, 5.74) is 0.202. The Labute approximate surface area is 62.0 Å². The smallest absolute Gasteiger partial charge is 0.247 e. The summed E-state index contributed by atoms with van der Waals surface area (Å²) in [6.45, 7) is -1.04. The molecule has 2 nitrogen and oxygen atoms in total. The van der Waals surface area contributed by atoms with Crippen LogP contribution in [0.3, 0.4) is 0 Å². The quantitative estimate of drug-likeness (QED) is 0.560. The van der Waals surface area contributed by atoms with E-state index in [-0.39, 0.29) is 12.1 Å². The molecule has 0 aromatic heterocycles. The fraction of sp³-hybridized carbons (Fsp3) is 0.571. The van der Waals surface area contributed by atoms with E-state index in [4.69, 9.17) is 6.85 Å². The van der Waals surface area contributed by atoms with Crippen molar-refractivity contribution in [1.82, 2.24) is 5.32 Å². The number of amides is 1. The Morgan fingerprint density at radius 2 is 2.78 bits per heavy atom. The maximum absolute atomic E-state index is 11.2. The van der Waals surface area contributed by atoms with Gasteiger partial charge in [-0.1, -0.05) is 6.85 Å². The van der Waals surface area contributed by atoms with Crippen LogP contribution in [0.1, 0.15) is 27.0 Å². The van der Waals surface area contributed by atoms with Crippen molar-refractivity contribution in [1.29, 1.82) is 0 Å². The topological polar surface area (TPSA) is 29.1 Å². The maximum atomic E-state index is 11.2. The van der Waals surface area contributed by atoms with Gasteiger partial charge in [-0.25, -0.2) is 0 Å². The molecule has 0 unspecified atom stereocenters. The highest BCUT2D eigenvalue weighted by atomic mass is 16.1. The molecule has 1 aliphatic rings. The molecular weight excluding hydrogens is 114 g/mol. The van der Waals surface area contributed by atoms with Crippen LogP contribution < -0.4 is 5.32 Å². The molecule has 0 saturated carbocycles. The lowest BCUT2D eigenvalue weighted by atomic mass is 10.1. The first-order valence-electron chi connectivity index (χ1n) is 5.16. The van der Waals surface area contributed by atoms with Gasteiger partial charge in [0.15, 0.2) is 0 Å². The molecule has 9 heavy (non-hydrogen) atoms.